The topological polar surface area (TPSA) is 151 Å². The number of nitrogens with zero attached hydrogens (tertiary/aromatic N) is 2. The number of ether oxygens (including phenoxy) is 2. The summed E-state index contributed by atoms with van der Waals surface area (Å²) in [6.45, 7) is 1.01. The Balaban J connectivity index is 1.21. The molecule has 11 nitrogen and oxygen atoms in total. The number of rotatable bonds is 9. The van der Waals surface area contributed by atoms with E-state index in [0.717, 1.165) is 12.8 Å². The van der Waals surface area contributed by atoms with Crippen molar-refractivity contribution in [3.63, 3.8) is 0 Å². The van der Waals surface area contributed by atoms with Crippen molar-refractivity contribution in [3.05, 3.63) is 24.2 Å². The minimum Gasteiger partial charge on any atom is -0.467 e. The number of oxime groups is 1. The van der Waals surface area contributed by atoms with E-state index in [-0.39, 0.29) is 56.6 Å². The zero-order chi connectivity index (χ0) is 25.2. The number of imide groups is 1. The molecule has 1 aromatic rings. The lowest BCUT2D eigenvalue weighted by atomic mass is 9.60. The molecule has 36 heavy (non-hydrogen) atoms. The van der Waals surface area contributed by atoms with Gasteiger partial charge in [-0.25, -0.2) is 0 Å². The van der Waals surface area contributed by atoms with E-state index in [2.05, 4.69) is 5.16 Å². The standard InChI is InChI=1S/C25H34N2O9/c28-14(11-33-13-16-4-2-8-35-16)12-36-26-19-9-20(29)23(30)21-17(19)5-6-18-22(21)25(32)27(24(18)31)10-15-3-1-7-34-15/h2,4,8,14-15,17-18,20-23,28-30H,1,3,5-7,9-13H2/b26-19-/t14-,15-,17-,18-,20+,21-,22+,23+/m0/s1. The van der Waals surface area contributed by atoms with Crippen LogP contribution in [0, 0.1) is 23.7 Å². The summed E-state index contributed by atoms with van der Waals surface area (Å²) in [6.07, 6.45) is 1.11. The van der Waals surface area contributed by atoms with E-state index in [1.54, 1.807) is 18.4 Å². The minimum atomic E-state index is -1.14. The highest BCUT2D eigenvalue weighted by Gasteiger charge is 2.59. The van der Waals surface area contributed by atoms with Gasteiger partial charge in [-0.2, -0.15) is 0 Å². The predicted octanol–water partition coefficient (Wildman–Crippen LogP) is 0.462. The number of carbonyl (C=O) groups excluding carboxylic acids is 2. The highest BCUT2D eigenvalue weighted by Crippen LogP contribution is 2.49. The number of hydrogen-bond donors (Lipinski definition) is 3. The van der Waals surface area contributed by atoms with E-state index in [1.807, 2.05) is 0 Å². The molecule has 4 fully saturated rings. The lowest BCUT2D eigenvalue weighted by Gasteiger charge is -2.45. The van der Waals surface area contributed by atoms with Crippen molar-refractivity contribution >= 4 is 17.5 Å². The summed E-state index contributed by atoms with van der Waals surface area (Å²) in [5.41, 5.74) is 0.540. The maximum Gasteiger partial charge on any atom is 0.233 e. The van der Waals surface area contributed by atoms with Gasteiger partial charge in [0.1, 0.15) is 25.1 Å². The van der Waals surface area contributed by atoms with Gasteiger partial charge in [0.25, 0.3) is 0 Å². The van der Waals surface area contributed by atoms with Crippen LogP contribution in [0.4, 0.5) is 0 Å². The third kappa shape index (κ3) is 5.08. The van der Waals surface area contributed by atoms with E-state index in [1.165, 1.54) is 4.90 Å². The smallest absolute Gasteiger partial charge is 0.233 e. The average Bonchev–Trinajstić information content (AvgIpc) is 3.62. The third-order valence-electron chi connectivity index (χ3n) is 7.86. The Kier molecular flexibility index (Phi) is 7.73. The van der Waals surface area contributed by atoms with Gasteiger partial charge in [-0.3, -0.25) is 14.5 Å². The van der Waals surface area contributed by atoms with Crippen LogP contribution in [0.3, 0.4) is 0 Å². The Hall–Kier alpha value is -2.31. The summed E-state index contributed by atoms with van der Waals surface area (Å²) in [6, 6.07) is 3.52. The van der Waals surface area contributed by atoms with Gasteiger partial charge in [0.2, 0.25) is 11.8 Å². The van der Waals surface area contributed by atoms with E-state index in [0.29, 0.717) is 30.9 Å². The zero-order valence-corrected chi connectivity index (χ0v) is 20.1. The molecule has 2 aliphatic heterocycles. The van der Waals surface area contributed by atoms with Gasteiger partial charge in [0, 0.05) is 24.9 Å². The van der Waals surface area contributed by atoms with E-state index < -0.39 is 36.1 Å². The van der Waals surface area contributed by atoms with Crippen LogP contribution in [0.25, 0.3) is 0 Å². The maximum absolute atomic E-state index is 13.4. The molecule has 0 unspecified atom stereocenters. The van der Waals surface area contributed by atoms with Crippen LogP contribution in [-0.2, 0) is 30.5 Å². The number of amides is 2. The van der Waals surface area contributed by atoms with Gasteiger partial charge >= 0.3 is 0 Å². The first-order chi connectivity index (χ1) is 17.4. The molecule has 0 radical (unpaired) electrons. The van der Waals surface area contributed by atoms with Gasteiger partial charge in [0.05, 0.1) is 55.3 Å². The molecule has 2 saturated heterocycles. The number of aliphatic hydroxyl groups excluding tert-OH is 3. The molecule has 2 saturated carbocycles. The second-order valence-electron chi connectivity index (χ2n) is 10.2. The van der Waals surface area contributed by atoms with Crippen molar-refractivity contribution in [2.24, 2.45) is 28.8 Å². The van der Waals surface area contributed by atoms with E-state index >= 15 is 0 Å². The fourth-order valence-electron chi connectivity index (χ4n) is 6.16. The number of furan rings is 1. The lowest BCUT2D eigenvalue weighted by Crippen LogP contribution is -2.54. The first-order valence-electron chi connectivity index (χ1n) is 12.7. The summed E-state index contributed by atoms with van der Waals surface area (Å²) < 4.78 is 16.2. The molecule has 3 heterocycles. The second-order valence-corrected chi connectivity index (χ2v) is 10.2. The molecule has 1 aromatic heterocycles. The van der Waals surface area contributed by atoms with Crippen LogP contribution in [0.5, 0.6) is 0 Å². The maximum atomic E-state index is 13.4. The SMILES string of the molecule is O=C1[C@H]2[C@H]3[C@H](O)[C@H](O)C/C(=N/OC[C@@H](O)COCc4ccco4)[C@@H]3CC[C@@H]2C(=O)N1C[C@@H]1CCCO1. The molecular formula is C25H34N2O9. The molecule has 0 spiro atoms. The molecule has 2 amide bonds. The average molecular weight is 507 g/mol. The Morgan fingerprint density at radius 2 is 1.97 bits per heavy atom. The van der Waals surface area contributed by atoms with Crippen LogP contribution in [0.15, 0.2) is 28.0 Å². The van der Waals surface area contributed by atoms with Crippen molar-refractivity contribution < 1.29 is 43.6 Å². The summed E-state index contributed by atoms with van der Waals surface area (Å²) in [5, 5.41) is 35.8. The third-order valence-corrected chi connectivity index (χ3v) is 7.86. The monoisotopic (exact) mass is 506 g/mol. The Morgan fingerprint density at radius 3 is 2.72 bits per heavy atom. The van der Waals surface area contributed by atoms with Gasteiger partial charge in [-0.15, -0.1) is 0 Å². The van der Waals surface area contributed by atoms with Crippen molar-refractivity contribution in [3.8, 4) is 0 Å². The molecule has 8 atom stereocenters. The zero-order valence-electron chi connectivity index (χ0n) is 20.1. The molecule has 4 aliphatic rings. The number of aliphatic hydroxyl groups is 3. The largest absolute Gasteiger partial charge is 0.467 e. The van der Waals surface area contributed by atoms with Crippen LogP contribution in [0.2, 0.25) is 0 Å². The lowest BCUT2D eigenvalue weighted by molar-refractivity contribution is -0.143. The fourth-order valence-corrected chi connectivity index (χ4v) is 6.16. The van der Waals surface area contributed by atoms with Crippen molar-refractivity contribution in [1.29, 1.82) is 0 Å². The fraction of sp³-hybridized carbons (Fsp3) is 0.720. The molecule has 5 rings (SSSR count). The summed E-state index contributed by atoms with van der Waals surface area (Å²) in [7, 11) is 0. The Labute approximate surface area is 209 Å². The molecule has 11 heteroatoms. The molecular weight excluding hydrogens is 472 g/mol. The summed E-state index contributed by atoms with van der Waals surface area (Å²) >= 11 is 0. The second kappa shape index (κ2) is 11.0. The first-order valence-corrected chi connectivity index (χ1v) is 12.7. The molecule has 3 N–H and O–H groups in total. The van der Waals surface area contributed by atoms with Crippen LogP contribution in [0.1, 0.15) is 37.9 Å². The quantitative estimate of drug-likeness (QED) is 0.320. The molecule has 0 bridgehead atoms. The minimum absolute atomic E-state index is 0.0276. The summed E-state index contributed by atoms with van der Waals surface area (Å²) in [5.74, 6) is -1.98. The van der Waals surface area contributed by atoms with Crippen molar-refractivity contribution in [1.82, 2.24) is 4.90 Å². The van der Waals surface area contributed by atoms with Crippen molar-refractivity contribution in [2.45, 2.75) is 63.1 Å². The normalized spacial score (nSPS) is 36.2. The molecule has 0 aromatic carbocycles. The number of carbonyl (C=O) groups is 2. The van der Waals surface area contributed by atoms with Crippen LogP contribution in [-0.4, -0.2) is 88.5 Å². The molecule has 198 valence electrons. The number of hydrogen-bond acceptors (Lipinski definition) is 10. The Bertz CT molecular complexity index is 945. The number of fused-ring (bicyclic) bond motifs is 3. The first kappa shape index (κ1) is 25.3. The van der Waals surface area contributed by atoms with E-state index in [9.17, 15) is 24.9 Å². The predicted molar refractivity (Wildman–Crippen MR) is 123 cm³/mol. The van der Waals surface area contributed by atoms with Crippen LogP contribution < -0.4 is 0 Å². The van der Waals surface area contributed by atoms with Gasteiger partial charge in [-0.05, 0) is 37.8 Å². The van der Waals surface area contributed by atoms with Gasteiger partial charge in [0.15, 0.2) is 0 Å². The Morgan fingerprint density at radius 1 is 1.14 bits per heavy atom. The van der Waals surface area contributed by atoms with Gasteiger partial charge in [-0.1, -0.05) is 5.16 Å². The van der Waals surface area contributed by atoms with Gasteiger partial charge < -0.3 is 34.0 Å². The van der Waals surface area contributed by atoms with E-state index in [4.69, 9.17) is 18.7 Å². The number of likely N-dealkylation sites (tertiary alicyclic amines) is 1. The molecule has 2 aliphatic carbocycles. The highest BCUT2D eigenvalue weighted by molar-refractivity contribution is 6.06. The summed E-state index contributed by atoms with van der Waals surface area (Å²) in [4.78, 5) is 33.2. The van der Waals surface area contributed by atoms with Crippen molar-refractivity contribution in [2.75, 3.05) is 26.4 Å². The van der Waals surface area contributed by atoms with Crippen LogP contribution >= 0.6 is 0 Å². The highest BCUT2D eigenvalue weighted by atomic mass is 16.6.